The standard InChI is InChI=1S/C20H13FN2O4/c21-13-3-1-2-11(8-13)12-4-5-14-15(10-22)20(27)19(23-16(14)9-12)17(24)6-7-18(25)26/h1-5,8-9,27H,6-7H2,(H,25,26). The van der Waals surface area contributed by atoms with Gasteiger partial charge in [-0.25, -0.2) is 9.37 Å². The molecular formula is C20H13FN2O4. The third kappa shape index (κ3) is 3.60. The lowest BCUT2D eigenvalue weighted by molar-refractivity contribution is -0.136. The maximum absolute atomic E-state index is 13.5. The molecule has 6 nitrogen and oxygen atoms in total. The number of fused-ring (bicyclic) bond motifs is 1. The molecule has 0 unspecified atom stereocenters. The van der Waals surface area contributed by atoms with Crippen LogP contribution in [-0.2, 0) is 4.79 Å². The third-order valence-electron chi connectivity index (χ3n) is 4.06. The van der Waals surface area contributed by atoms with Crippen molar-refractivity contribution in [3.05, 3.63) is 59.5 Å². The van der Waals surface area contributed by atoms with Crippen molar-refractivity contribution in [1.82, 2.24) is 4.98 Å². The second-order valence-electron chi connectivity index (χ2n) is 5.86. The number of aromatic nitrogens is 1. The molecular weight excluding hydrogens is 351 g/mol. The van der Waals surface area contributed by atoms with Crippen LogP contribution in [0.3, 0.4) is 0 Å². The normalized spacial score (nSPS) is 10.5. The van der Waals surface area contributed by atoms with E-state index in [1.165, 1.54) is 12.1 Å². The largest absolute Gasteiger partial charge is 0.504 e. The fraction of sp³-hybridized carbons (Fsp3) is 0.100. The number of rotatable bonds is 5. The molecule has 27 heavy (non-hydrogen) atoms. The number of halogens is 1. The highest BCUT2D eigenvalue weighted by molar-refractivity contribution is 6.02. The predicted molar refractivity (Wildman–Crippen MR) is 94.7 cm³/mol. The van der Waals surface area contributed by atoms with Gasteiger partial charge in [0.1, 0.15) is 23.1 Å². The van der Waals surface area contributed by atoms with E-state index in [-0.39, 0.29) is 23.2 Å². The quantitative estimate of drug-likeness (QED) is 0.668. The molecule has 0 fully saturated rings. The zero-order valence-electron chi connectivity index (χ0n) is 13.9. The van der Waals surface area contributed by atoms with E-state index in [0.29, 0.717) is 16.5 Å². The van der Waals surface area contributed by atoms with Gasteiger partial charge < -0.3 is 10.2 Å². The second-order valence-corrected chi connectivity index (χ2v) is 5.86. The molecule has 0 spiro atoms. The first-order valence-electron chi connectivity index (χ1n) is 7.98. The van der Waals surface area contributed by atoms with Crippen LogP contribution < -0.4 is 0 Å². The van der Waals surface area contributed by atoms with E-state index in [9.17, 15) is 24.3 Å². The third-order valence-corrected chi connectivity index (χ3v) is 4.06. The van der Waals surface area contributed by atoms with Gasteiger partial charge in [-0.2, -0.15) is 5.26 Å². The average molecular weight is 364 g/mol. The molecule has 2 N–H and O–H groups in total. The van der Waals surface area contributed by atoms with Crippen LogP contribution in [0.15, 0.2) is 42.5 Å². The molecule has 1 aromatic heterocycles. The van der Waals surface area contributed by atoms with Gasteiger partial charge in [0.15, 0.2) is 11.5 Å². The van der Waals surface area contributed by atoms with Crippen LogP contribution in [0.2, 0.25) is 0 Å². The Kier molecular flexibility index (Phi) is 4.81. The van der Waals surface area contributed by atoms with Crippen molar-refractivity contribution >= 4 is 22.7 Å². The van der Waals surface area contributed by atoms with Gasteiger partial charge in [0.25, 0.3) is 0 Å². The first-order chi connectivity index (χ1) is 12.9. The summed E-state index contributed by atoms with van der Waals surface area (Å²) in [5.41, 5.74) is 1.00. The van der Waals surface area contributed by atoms with Gasteiger partial charge in [-0.1, -0.05) is 24.3 Å². The van der Waals surface area contributed by atoms with Gasteiger partial charge in [-0.15, -0.1) is 0 Å². The number of hydrogen-bond donors (Lipinski definition) is 2. The van der Waals surface area contributed by atoms with Crippen molar-refractivity contribution in [3.63, 3.8) is 0 Å². The van der Waals surface area contributed by atoms with Crippen LogP contribution in [0, 0.1) is 17.1 Å². The van der Waals surface area contributed by atoms with Gasteiger partial charge in [-0.05, 0) is 29.3 Å². The van der Waals surface area contributed by atoms with Crippen molar-refractivity contribution in [2.75, 3.05) is 0 Å². The van der Waals surface area contributed by atoms with Gasteiger partial charge in [-0.3, -0.25) is 9.59 Å². The van der Waals surface area contributed by atoms with E-state index in [4.69, 9.17) is 5.11 Å². The van der Waals surface area contributed by atoms with Crippen molar-refractivity contribution < 1.29 is 24.2 Å². The zero-order valence-corrected chi connectivity index (χ0v) is 13.9. The zero-order chi connectivity index (χ0) is 19.6. The summed E-state index contributed by atoms with van der Waals surface area (Å²) in [4.78, 5) is 27.0. The van der Waals surface area contributed by atoms with E-state index >= 15 is 0 Å². The topological polar surface area (TPSA) is 111 Å². The first kappa shape index (κ1) is 18.0. The summed E-state index contributed by atoms with van der Waals surface area (Å²) in [6, 6.07) is 12.6. The van der Waals surface area contributed by atoms with Crippen LogP contribution in [0.1, 0.15) is 28.9 Å². The molecule has 134 valence electrons. The fourth-order valence-electron chi connectivity index (χ4n) is 2.75. The summed E-state index contributed by atoms with van der Waals surface area (Å²) in [5, 5.41) is 28.7. The Bertz CT molecular complexity index is 1120. The smallest absolute Gasteiger partial charge is 0.303 e. The van der Waals surface area contributed by atoms with Crippen LogP contribution in [0.5, 0.6) is 5.75 Å². The summed E-state index contributed by atoms with van der Waals surface area (Å²) in [7, 11) is 0. The number of nitrogens with zero attached hydrogens (tertiary/aromatic N) is 2. The van der Waals surface area contributed by atoms with Crippen molar-refractivity contribution in [1.29, 1.82) is 5.26 Å². The molecule has 0 saturated carbocycles. The molecule has 0 saturated heterocycles. The number of carbonyl (C=O) groups excluding carboxylic acids is 1. The number of Topliss-reactive ketones (excluding diaryl/α,β-unsaturated/α-hetero) is 1. The summed E-state index contributed by atoms with van der Waals surface area (Å²) in [5.74, 6) is -2.81. The number of nitriles is 1. The Balaban J connectivity index is 2.15. The molecule has 0 bridgehead atoms. The van der Waals surface area contributed by atoms with Gasteiger partial charge in [0.2, 0.25) is 0 Å². The van der Waals surface area contributed by atoms with E-state index < -0.39 is 29.7 Å². The summed E-state index contributed by atoms with van der Waals surface area (Å²) >= 11 is 0. The lowest BCUT2D eigenvalue weighted by atomic mass is 9.99. The lowest BCUT2D eigenvalue weighted by Gasteiger charge is -2.09. The molecule has 0 aliphatic carbocycles. The Morgan fingerprint density at radius 2 is 1.85 bits per heavy atom. The van der Waals surface area contributed by atoms with Crippen LogP contribution in [0.25, 0.3) is 22.0 Å². The number of ketones is 1. The van der Waals surface area contributed by atoms with Gasteiger partial charge in [0.05, 0.1) is 11.9 Å². The first-order valence-corrected chi connectivity index (χ1v) is 7.98. The molecule has 0 aliphatic rings. The molecule has 3 rings (SSSR count). The molecule has 0 aliphatic heterocycles. The Labute approximate surface area is 153 Å². The Morgan fingerprint density at radius 3 is 2.52 bits per heavy atom. The Morgan fingerprint density at radius 1 is 1.11 bits per heavy atom. The highest BCUT2D eigenvalue weighted by atomic mass is 19.1. The number of hydrogen-bond acceptors (Lipinski definition) is 5. The Hall–Kier alpha value is -3.79. The van der Waals surface area contributed by atoms with Crippen molar-refractivity contribution in [2.45, 2.75) is 12.8 Å². The molecule has 2 aromatic carbocycles. The summed E-state index contributed by atoms with van der Waals surface area (Å²) in [6.07, 6.45) is -0.765. The van der Waals surface area contributed by atoms with Crippen molar-refractivity contribution in [2.24, 2.45) is 0 Å². The van der Waals surface area contributed by atoms with Crippen LogP contribution >= 0.6 is 0 Å². The monoisotopic (exact) mass is 364 g/mol. The predicted octanol–water partition coefficient (Wildman–Crippen LogP) is 3.67. The highest BCUT2D eigenvalue weighted by Crippen LogP contribution is 2.32. The molecule has 7 heteroatoms. The van der Waals surface area contributed by atoms with Gasteiger partial charge >= 0.3 is 5.97 Å². The fourth-order valence-corrected chi connectivity index (χ4v) is 2.75. The minimum atomic E-state index is -1.16. The van der Waals surface area contributed by atoms with Crippen LogP contribution in [0.4, 0.5) is 4.39 Å². The minimum Gasteiger partial charge on any atom is -0.504 e. The summed E-state index contributed by atoms with van der Waals surface area (Å²) in [6.45, 7) is 0. The van der Waals surface area contributed by atoms with E-state index in [1.807, 2.05) is 6.07 Å². The lowest BCUT2D eigenvalue weighted by Crippen LogP contribution is -2.07. The summed E-state index contributed by atoms with van der Waals surface area (Å²) < 4.78 is 13.5. The minimum absolute atomic E-state index is 0.121. The number of carbonyl (C=O) groups is 2. The van der Waals surface area contributed by atoms with Crippen molar-refractivity contribution in [3.8, 4) is 22.9 Å². The number of aliphatic carboxylic acids is 1. The number of carboxylic acid groups (broad SMARTS) is 1. The number of carboxylic acids is 1. The van der Waals surface area contributed by atoms with E-state index in [0.717, 1.165) is 0 Å². The maximum atomic E-state index is 13.5. The highest BCUT2D eigenvalue weighted by Gasteiger charge is 2.20. The number of pyridine rings is 1. The molecule has 1 heterocycles. The SMILES string of the molecule is N#Cc1c(O)c(C(=O)CCC(=O)O)nc2cc(-c3cccc(F)c3)ccc12. The molecule has 3 aromatic rings. The molecule has 0 amide bonds. The van der Waals surface area contributed by atoms with Crippen LogP contribution in [-0.4, -0.2) is 26.9 Å². The average Bonchev–Trinajstić information content (AvgIpc) is 2.65. The number of aromatic hydroxyl groups is 1. The van der Waals surface area contributed by atoms with E-state index in [2.05, 4.69) is 4.98 Å². The second kappa shape index (κ2) is 7.22. The van der Waals surface area contributed by atoms with Gasteiger partial charge in [0, 0.05) is 11.8 Å². The maximum Gasteiger partial charge on any atom is 0.303 e. The molecule has 0 radical (unpaired) electrons. The number of benzene rings is 2. The molecule has 0 atom stereocenters. The van der Waals surface area contributed by atoms with E-state index in [1.54, 1.807) is 30.3 Å².